The lowest BCUT2D eigenvalue weighted by atomic mass is 9.60. The Balaban J connectivity index is 2.06. The Hall–Kier alpha value is -4.84. The van der Waals surface area contributed by atoms with Gasteiger partial charge in [0.05, 0.1) is 7.11 Å². The molecule has 32 heavy (non-hydrogen) atoms. The highest BCUT2D eigenvalue weighted by Gasteiger charge is 2.43. The fraction of sp³-hybridized carbons (Fsp3) is 0.111. The molecule has 148 valence electrons. The Morgan fingerprint density at radius 3 is 1.59 bits per heavy atom. The van der Waals surface area contributed by atoms with E-state index in [9.17, 15) is 21.0 Å². The Bertz CT molecular complexity index is 1590. The molecule has 6 rings (SSSR count). The van der Waals surface area contributed by atoms with Crippen molar-refractivity contribution in [3.63, 3.8) is 0 Å². The van der Waals surface area contributed by atoms with Crippen LogP contribution in [0.4, 0.5) is 0 Å². The van der Waals surface area contributed by atoms with Crippen LogP contribution in [0.5, 0.6) is 5.75 Å². The molecule has 3 aromatic rings. The SMILES string of the molecule is COc1ccc2c(c1)[C@@H]1c3ccccc3[C@H]2c2c1c(=C(C#N)C#N)ccc2=C(C#N)C#N. The summed E-state index contributed by atoms with van der Waals surface area (Å²) in [4.78, 5) is 0. The van der Waals surface area contributed by atoms with Gasteiger partial charge in [-0.05, 0) is 45.5 Å². The fourth-order valence-electron chi connectivity index (χ4n) is 5.17. The number of methoxy groups -OCH3 is 1. The first-order valence-corrected chi connectivity index (χ1v) is 9.96. The van der Waals surface area contributed by atoms with Gasteiger partial charge in [0.15, 0.2) is 0 Å². The normalized spacial score (nSPS) is 16.2. The largest absolute Gasteiger partial charge is 0.497 e. The van der Waals surface area contributed by atoms with E-state index in [2.05, 4.69) is 12.1 Å². The summed E-state index contributed by atoms with van der Waals surface area (Å²) in [5, 5.41) is 39.7. The summed E-state index contributed by atoms with van der Waals surface area (Å²) in [7, 11) is 1.62. The number of rotatable bonds is 1. The molecule has 0 radical (unpaired) electrons. The van der Waals surface area contributed by atoms with Crippen LogP contribution in [0.15, 0.2) is 54.6 Å². The summed E-state index contributed by atoms with van der Waals surface area (Å²) < 4.78 is 5.48. The third kappa shape index (κ3) is 2.40. The molecule has 0 unspecified atom stereocenters. The van der Waals surface area contributed by atoms with Crippen molar-refractivity contribution in [1.82, 2.24) is 0 Å². The molecule has 0 saturated heterocycles. The van der Waals surface area contributed by atoms with E-state index in [0.29, 0.717) is 10.4 Å². The van der Waals surface area contributed by atoms with E-state index >= 15 is 0 Å². The second-order valence-corrected chi connectivity index (χ2v) is 7.68. The van der Waals surface area contributed by atoms with Gasteiger partial charge in [0.25, 0.3) is 0 Å². The third-order valence-electron chi connectivity index (χ3n) is 6.38. The van der Waals surface area contributed by atoms with Crippen LogP contribution in [-0.2, 0) is 0 Å². The Kier molecular flexibility index (Phi) is 4.27. The van der Waals surface area contributed by atoms with Gasteiger partial charge in [-0.2, -0.15) is 21.0 Å². The van der Waals surface area contributed by atoms with Crippen LogP contribution in [0, 0.1) is 45.3 Å². The van der Waals surface area contributed by atoms with Gasteiger partial charge >= 0.3 is 0 Å². The first-order valence-electron chi connectivity index (χ1n) is 9.96. The number of nitriles is 4. The number of benzene rings is 3. The highest BCUT2D eigenvalue weighted by atomic mass is 16.5. The average molecular weight is 410 g/mol. The summed E-state index contributed by atoms with van der Waals surface area (Å²) in [6, 6.07) is 25.5. The van der Waals surface area contributed by atoms with Crippen molar-refractivity contribution in [3.05, 3.63) is 98.4 Å². The molecule has 0 saturated carbocycles. The lowest BCUT2D eigenvalue weighted by Crippen LogP contribution is -2.38. The highest BCUT2D eigenvalue weighted by molar-refractivity contribution is 5.80. The van der Waals surface area contributed by atoms with Crippen LogP contribution >= 0.6 is 0 Å². The molecule has 0 spiro atoms. The van der Waals surface area contributed by atoms with E-state index in [1.165, 1.54) is 0 Å². The summed E-state index contributed by atoms with van der Waals surface area (Å²) in [6.45, 7) is 0. The summed E-state index contributed by atoms with van der Waals surface area (Å²) in [6.07, 6.45) is 0. The average Bonchev–Trinajstić information content (AvgIpc) is 2.85. The van der Waals surface area contributed by atoms with E-state index in [1.807, 2.05) is 54.6 Å². The molecule has 0 fully saturated rings. The van der Waals surface area contributed by atoms with Crippen LogP contribution < -0.4 is 15.2 Å². The summed E-state index contributed by atoms with van der Waals surface area (Å²) in [5.74, 6) is 0.248. The topological polar surface area (TPSA) is 104 Å². The zero-order valence-electron chi connectivity index (χ0n) is 17.0. The third-order valence-corrected chi connectivity index (χ3v) is 6.38. The quantitative estimate of drug-likeness (QED) is 0.422. The van der Waals surface area contributed by atoms with Crippen molar-refractivity contribution in [1.29, 1.82) is 21.0 Å². The minimum absolute atomic E-state index is 0.0118. The lowest BCUT2D eigenvalue weighted by molar-refractivity contribution is 0.413. The molecule has 0 N–H and O–H groups in total. The molecule has 2 atom stereocenters. The molecule has 3 aliphatic rings. The van der Waals surface area contributed by atoms with Gasteiger partial charge in [-0.3, -0.25) is 0 Å². The van der Waals surface area contributed by atoms with Crippen LogP contribution in [0.25, 0.3) is 11.1 Å². The molecular weight excluding hydrogens is 396 g/mol. The minimum atomic E-state index is -0.249. The molecule has 3 aliphatic carbocycles. The van der Waals surface area contributed by atoms with E-state index < -0.39 is 0 Å². The predicted molar refractivity (Wildman–Crippen MR) is 116 cm³/mol. The number of nitrogens with zero attached hydrogens (tertiary/aromatic N) is 4. The molecule has 2 bridgehead atoms. The predicted octanol–water partition coefficient (Wildman–Crippen LogP) is 3.08. The standard InChI is InChI=1S/C27H14N4O/c1-32-17-6-7-22-23(10-17)25-21-5-3-2-4-20(21)24(22)26-18(15(11-28)12-29)8-9-19(27(25)26)16(13-30)14-31/h2-10,24-25H,1H3/t24-,25+/m1/s1. The van der Waals surface area contributed by atoms with Crippen molar-refractivity contribution in [2.75, 3.05) is 7.11 Å². The number of hydrogen-bond acceptors (Lipinski definition) is 5. The zero-order valence-corrected chi connectivity index (χ0v) is 17.0. The van der Waals surface area contributed by atoms with Crippen molar-refractivity contribution in [2.45, 2.75) is 11.8 Å². The van der Waals surface area contributed by atoms with Crippen molar-refractivity contribution in [2.24, 2.45) is 0 Å². The maximum Gasteiger partial charge on any atom is 0.137 e. The lowest BCUT2D eigenvalue weighted by Gasteiger charge is -2.42. The van der Waals surface area contributed by atoms with Crippen molar-refractivity contribution in [3.8, 4) is 30.0 Å². The van der Waals surface area contributed by atoms with Gasteiger partial charge in [0.1, 0.15) is 41.2 Å². The molecule has 0 aromatic heterocycles. The van der Waals surface area contributed by atoms with Gasteiger partial charge in [-0.25, -0.2) is 0 Å². The van der Waals surface area contributed by atoms with Crippen LogP contribution in [0.2, 0.25) is 0 Å². The summed E-state index contributed by atoms with van der Waals surface area (Å²) >= 11 is 0. The number of hydrogen-bond donors (Lipinski definition) is 0. The van der Waals surface area contributed by atoms with Crippen molar-refractivity contribution < 1.29 is 4.74 Å². The highest BCUT2D eigenvalue weighted by Crippen LogP contribution is 2.54. The molecule has 0 heterocycles. The van der Waals surface area contributed by atoms with E-state index in [1.54, 1.807) is 19.2 Å². The van der Waals surface area contributed by atoms with Crippen LogP contribution in [-0.4, -0.2) is 7.11 Å². The molecule has 5 heteroatoms. The van der Waals surface area contributed by atoms with Gasteiger partial charge in [-0.1, -0.05) is 42.5 Å². The number of ether oxygens (including phenoxy) is 1. The Labute approximate surface area is 184 Å². The maximum atomic E-state index is 9.66. The monoisotopic (exact) mass is 410 g/mol. The molecule has 0 amide bonds. The molecule has 0 aliphatic heterocycles. The van der Waals surface area contributed by atoms with Gasteiger partial charge in [0, 0.05) is 22.3 Å². The fourth-order valence-corrected chi connectivity index (χ4v) is 5.17. The second kappa shape index (κ2) is 7.14. The van der Waals surface area contributed by atoms with Gasteiger partial charge < -0.3 is 4.74 Å². The molecular formula is C27H14N4O. The first-order chi connectivity index (χ1) is 15.7. The van der Waals surface area contributed by atoms with E-state index in [0.717, 1.165) is 39.1 Å². The maximum absolute atomic E-state index is 9.66. The van der Waals surface area contributed by atoms with Crippen LogP contribution in [0.1, 0.15) is 45.2 Å². The van der Waals surface area contributed by atoms with Gasteiger partial charge in [0.2, 0.25) is 0 Å². The van der Waals surface area contributed by atoms with Crippen molar-refractivity contribution >= 4 is 11.1 Å². The second-order valence-electron chi connectivity index (χ2n) is 7.68. The summed E-state index contributed by atoms with van der Waals surface area (Å²) in [5.41, 5.74) is 5.98. The smallest absolute Gasteiger partial charge is 0.137 e. The molecule has 3 aromatic carbocycles. The van der Waals surface area contributed by atoms with E-state index in [-0.39, 0.29) is 23.0 Å². The Morgan fingerprint density at radius 2 is 1.12 bits per heavy atom. The minimum Gasteiger partial charge on any atom is -0.497 e. The Morgan fingerprint density at radius 1 is 0.656 bits per heavy atom. The van der Waals surface area contributed by atoms with E-state index in [4.69, 9.17) is 4.74 Å². The van der Waals surface area contributed by atoms with Crippen LogP contribution in [0.3, 0.4) is 0 Å². The zero-order chi connectivity index (χ0) is 22.4. The molecule has 5 nitrogen and oxygen atoms in total. The van der Waals surface area contributed by atoms with Gasteiger partial charge in [-0.15, -0.1) is 0 Å². The first kappa shape index (κ1) is 19.1.